The average Bonchev–Trinajstić information content (AvgIpc) is 2.62. The summed E-state index contributed by atoms with van der Waals surface area (Å²) in [4.78, 5) is 24.2. The second-order valence-corrected chi connectivity index (χ2v) is 5.98. The summed E-state index contributed by atoms with van der Waals surface area (Å²) in [5.41, 5.74) is 2.83. The van der Waals surface area contributed by atoms with E-state index < -0.39 is 11.4 Å². The number of carboxylic acids is 1. The minimum Gasteiger partial charge on any atom is -0.477 e. The quantitative estimate of drug-likeness (QED) is 0.795. The first-order valence-electron chi connectivity index (χ1n) is 7.57. The van der Waals surface area contributed by atoms with Crippen molar-refractivity contribution in [2.75, 3.05) is 0 Å². The molecule has 3 rings (SSSR count). The highest BCUT2D eigenvalue weighted by Gasteiger charge is 2.27. The van der Waals surface area contributed by atoms with Crippen LogP contribution in [0, 0.1) is 0 Å². The van der Waals surface area contributed by atoms with Crippen LogP contribution in [0.3, 0.4) is 0 Å². The van der Waals surface area contributed by atoms with Crippen molar-refractivity contribution in [2.45, 2.75) is 19.3 Å². The monoisotopic (exact) mass is 319 g/mol. The van der Waals surface area contributed by atoms with Crippen molar-refractivity contribution in [3.8, 4) is 11.3 Å². The summed E-state index contributed by atoms with van der Waals surface area (Å²) < 4.78 is 0. The smallest absolute Gasteiger partial charge is 0.354 e. The van der Waals surface area contributed by atoms with E-state index in [9.17, 15) is 4.79 Å². The van der Waals surface area contributed by atoms with Gasteiger partial charge in [0.05, 0.1) is 17.1 Å². The molecule has 0 bridgehead atoms. The van der Waals surface area contributed by atoms with Gasteiger partial charge >= 0.3 is 5.97 Å². The van der Waals surface area contributed by atoms with E-state index in [-0.39, 0.29) is 5.69 Å². The fourth-order valence-corrected chi connectivity index (χ4v) is 2.50. The van der Waals surface area contributed by atoms with Gasteiger partial charge in [0, 0.05) is 23.4 Å². The summed E-state index contributed by atoms with van der Waals surface area (Å²) in [6.07, 6.45) is 3.46. The zero-order chi connectivity index (χ0) is 17.2. The Morgan fingerprint density at radius 2 is 1.54 bits per heavy atom. The van der Waals surface area contributed by atoms with E-state index in [1.54, 1.807) is 18.5 Å². The molecule has 3 aromatic rings. The van der Waals surface area contributed by atoms with Crippen LogP contribution in [0.25, 0.3) is 11.3 Å². The van der Waals surface area contributed by atoms with Crippen LogP contribution in [-0.2, 0) is 5.41 Å². The maximum atomic E-state index is 11.2. The molecular formula is C19H17N3O2. The third-order valence-electron chi connectivity index (χ3n) is 3.97. The Bertz CT molecular complexity index is 877. The molecule has 0 fully saturated rings. The molecule has 120 valence electrons. The van der Waals surface area contributed by atoms with Crippen molar-refractivity contribution in [2.24, 2.45) is 0 Å². The summed E-state index contributed by atoms with van der Waals surface area (Å²) in [5.74, 6) is -1.04. The highest BCUT2D eigenvalue weighted by atomic mass is 16.4. The molecule has 0 amide bonds. The Morgan fingerprint density at radius 3 is 2.21 bits per heavy atom. The van der Waals surface area contributed by atoms with Crippen LogP contribution in [0.4, 0.5) is 0 Å². The number of aromatic nitrogens is 3. The predicted molar refractivity (Wildman–Crippen MR) is 90.8 cm³/mol. The Kier molecular flexibility index (Phi) is 4.08. The first kappa shape index (κ1) is 15.8. The van der Waals surface area contributed by atoms with Crippen molar-refractivity contribution in [3.63, 3.8) is 0 Å². The standard InChI is InChI=1S/C19H17N3O2/c1-19(2,17-8-4-6-15(22-17)18(23)24)16-7-3-5-14(21-16)13-9-11-20-12-10-13/h3-12H,1-2H3,(H,23,24). The number of hydrogen-bond donors (Lipinski definition) is 1. The number of hydrogen-bond acceptors (Lipinski definition) is 4. The lowest BCUT2D eigenvalue weighted by Crippen LogP contribution is -2.23. The molecule has 5 nitrogen and oxygen atoms in total. The van der Waals surface area contributed by atoms with Crippen LogP contribution in [0.15, 0.2) is 60.9 Å². The summed E-state index contributed by atoms with van der Waals surface area (Å²) in [6.45, 7) is 3.97. The van der Waals surface area contributed by atoms with E-state index >= 15 is 0 Å². The maximum Gasteiger partial charge on any atom is 0.354 e. The number of rotatable bonds is 4. The van der Waals surface area contributed by atoms with Crippen molar-refractivity contribution in [1.82, 2.24) is 15.0 Å². The van der Waals surface area contributed by atoms with E-state index in [1.165, 1.54) is 6.07 Å². The van der Waals surface area contributed by atoms with Gasteiger partial charge < -0.3 is 5.11 Å². The van der Waals surface area contributed by atoms with Gasteiger partial charge in [0.2, 0.25) is 0 Å². The third kappa shape index (κ3) is 3.01. The van der Waals surface area contributed by atoms with Gasteiger partial charge in [-0.15, -0.1) is 0 Å². The van der Waals surface area contributed by atoms with Crippen LogP contribution in [0.5, 0.6) is 0 Å². The summed E-state index contributed by atoms with van der Waals surface area (Å²) in [7, 11) is 0. The summed E-state index contributed by atoms with van der Waals surface area (Å²) in [6, 6.07) is 14.7. The lowest BCUT2D eigenvalue weighted by molar-refractivity contribution is 0.0690. The van der Waals surface area contributed by atoms with Gasteiger partial charge in [-0.25, -0.2) is 9.78 Å². The summed E-state index contributed by atoms with van der Waals surface area (Å²) >= 11 is 0. The lowest BCUT2D eigenvalue weighted by Gasteiger charge is -2.24. The molecule has 0 aliphatic heterocycles. The van der Waals surface area contributed by atoms with E-state index in [4.69, 9.17) is 10.1 Å². The first-order chi connectivity index (χ1) is 11.5. The molecule has 0 saturated heterocycles. The average molecular weight is 319 g/mol. The Labute approximate surface area is 140 Å². The maximum absolute atomic E-state index is 11.2. The topological polar surface area (TPSA) is 76.0 Å². The van der Waals surface area contributed by atoms with Gasteiger partial charge in [-0.2, -0.15) is 0 Å². The van der Waals surface area contributed by atoms with Crippen LogP contribution < -0.4 is 0 Å². The number of carboxylic acid groups (broad SMARTS) is 1. The second-order valence-electron chi connectivity index (χ2n) is 5.98. The van der Waals surface area contributed by atoms with E-state index in [0.29, 0.717) is 5.69 Å². The van der Waals surface area contributed by atoms with Gasteiger partial charge in [-0.3, -0.25) is 9.97 Å². The second kappa shape index (κ2) is 6.20. The van der Waals surface area contributed by atoms with Gasteiger partial charge in [0.15, 0.2) is 0 Å². The molecule has 0 aliphatic rings. The zero-order valence-electron chi connectivity index (χ0n) is 13.5. The Balaban J connectivity index is 2.04. The van der Waals surface area contributed by atoms with Crippen molar-refractivity contribution >= 4 is 5.97 Å². The van der Waals surface area contributed by atoms with Gasteiger partial charge in [-0.1, -0.05) is 12.1 Å². The fourth-order valence-electron chi connectivity index (χ4n) is 2.50. The SMILES string of the molecule is CC(C)(c1cccc(C(=O)O)n1)c1cccc(-c2ccncc2)n1. The van der Waals surface area contributed by atoms with Gasteiger partial charge in [-0.05, 0) is 50.2 Å². The Morgan fingerprint density at radius 1 is 0.917 bits per heavy atom. The molecule has 0 unspecified atom stereocenters. The number of nitrogens with zero attached hydrogens (tertiary/aromatic N) is 3. The van der Waals surface area contributed by atoms with Crippen LogP contribution in [0.2, 0.25) is 0 Å². The van der Waals surface area contributed by atoms with E-state index in [2.05, 4.69) is 9.97 Å². The van der Waals surface area contributed by atoms with Crippen molar-refractivity contribution < 1.29 is 9.90 Å². The number of carbonyl (C=O) groups is 1. The van der Waals surface area contributed by atoms with Crippen LogP contribution in [0.1, 0.15) is 35.7 Å². The fraction of sp³-hybridized carbons (Fsp3) is 0.158. The van der Waals surface area contributed by atoms with E-state index in [1.807, 2.05) is 50.2 Å². The minimum absolute atomic E-state index is 0.0332. The molecule has 0 atom stereocenters. The molecule has 24 heavy (non-hydrogen) atoms. The largest absolute Gasteiger partial charge is 0.477 e. The zero-order valence-corrected chi connectivity index (χ0v) is 13.5. The molecule has 0 radical (unpaired) electrons. The van der Waals surface area contributed by atoms with E-state index in [0.717, 1.165) is 17.0 Å². The lowest BCUT2D eigenvalue weighted by atomic mass is 9.84. The molecule has 1 N–H and O–H groups in total. The van der Waals surface area contributed by atoms with Crippen LogP contribution >= 0.6 is 0 Å². The normalized spacial score (nSPS) is 11.2. The molecule has 0 saturated carbocycles. The predicted octanol–water partition coefficient (Wildman–Crippen LogP) is 3.56. The molecule has 0 spiro atoms. The molecule has 3 heterocycles. The minimum atomic E-state index is -1.04. The van der Waals surface area contributed by atoms with Gasteiger partial charge in [0.1, 0.15) is 5.69 Å². The third-order valence-corrected chi connectivity index (χ3v) is 3.97. The Hall–Kier alpha value is -3.08. The first-order valence-corrected chi connectivity index (χ1v) is 7.57. The molecular weight excluding hydrogens is 302 g/mol. The summed E-state index contributed by atoms with van der Waals surface area (Å²) in [5, 5.41) is 9.15. The number of aromatic carboxylic acids is 1. The van der Waals surface area contributed by atoms with Gasteiger partial charge in [0.25, 0.3) is 0 Å². The highest BCUT2D eigenvalue weighted by Crippen LogP contribution is 2.30. The number of pyridine rings is 3. The van der Waals surface area contributed by atoms with Crippen molar-refractivity contribution in [3.05, 3.63) is 78.0 Å². The highest BCUT2D eigenvalue weighted by molar-refractivity contribution is 5.85. The molecule has 0 aliphatic carbocycles. The molecule has 0 aromatic carbocycles. The van der Waals surface area contributed by atoms with Crippen molar-refractivity contribution in [1.29, 1.82) is 0 Å². The van der Waals surface area contributed by atoms with Crippen LogP contribution in [-0.4, -0.2) is 26.0 Å². The molecule has 5 heteroatoms. The molecule has 3 aromatic heterocycles.